The number of hydrogen-bond acceptors (Lipinski definition) is 2. The molecule has 2 nitrogen and oxygen atoms in total. The van der Waals surface area contributed by atoms with E-state index in [1.807, 2.05) is 12.3 Å². The monoisotopic (exact) mass is 267 g/mol. The van der Waals surface area contributed by atoms with Crippen LogP contribution in [0.15, 0.2) is 42.3 Å². The number of nitrogens with zero attached hydrogens (tertiary/aromatic N) is 1. The molecule has 0 spiro atoms. The highest BCUT2D eigenvalue weighted by Crippen LogP contribution is 2.48. The highest BCUT2D eigenvalue weighted by Gasteiger charge is 2.37. The van der Waals surface area contributed by atoms with Crippen molar-refractivity contribution in [2.75, 3.05) is 0 Å². The van der Waals surface area contributed by atoms with E-state index in [-0.39, 0.29) is 5.41 Å². The highest BCUT2D eigenvalue weighted by molar-refractivity contribution is 5.81. The van der Waals surface area contributed by atoms with Gasteiger partial charge in [0.25, 0.3) is 0 Å². The zero-order valence-corrected chi connectivity index (χ0v) is 12.2. The fourth-order valence-corrected chi connectivity index (χ4v) is 3.58. The van der Waals surface area contributed by atoms with E-state index in [2.05, 4.69) is 37.0 Å². The first kappa shape index (κ1) is 13.3. The van der Waals surface area contributed by atoms with Gasteiger partial charge in [-0.15, -0.1) is 0 Å². The summed E-state index contributed by atoms with van der Waals surface area (Å²) >= 11 is 0. The van der Waals surface area contributed by atoms with Gasteiger partial charge >= 0.3 is 0 Å². The lowest BCUT2D eigenvalue weighted by molar-refractivity contribution is -0.120. The van der Waals surface area contributed by atoms with E-state index in [0.717, 1.165) is 19.3 Å². The molecule has 0 N–H and O–H groups in total. The zero-order chi connectivity index (χ0) is 14.2. The number of allylic oxidation sites excluding steroid dienone is 4. The maximum Gasteiger partial charge on any atom is 0.134 e. The third-order valence-corrected chi connectivity index (χ3v) is 4.61. The average Bonchev–Trinajstić information content (AvgIpc) is 2.52. The summed E-state index contributed by atoms with van der Waals surface area (Å²) in [6.45, 7) is 4.43. The van der Waals surface area contributed by atoms with Crippen LogP contribution in [0.3, 0.4) is 0 Å². The molecule has 0 aromatic carbocycles. The summed E-state index contributed by atoms with van der Waals surface area (Å²) in [5.41, 5.74) is 3.92. The van der Waals surface area contributed by atoms with E-state index in [0.29, 0.717) is 18.1 Å². The van der Waals surface area contributed by atoms with Crippen molar-refractivity contribution in [3.8, 4) is 0 Å². The molecular weight excluding hydrogens is 246 g/mol. The average molecular weight is 267 g/mol. The molecule has 1 fully saturated rings. The number of rotatable bonds is 1. The Morgan fingerprint density at radius 3 is 2.85 bits per heavy atom. The fraction of sp³-hybridized carbons (Fsp3) is 0.444. The van der Waals surface area contributed by atoms with Crippen LogP contribution in [-0.2, 0) is 4.79 Å². The lowest BCUT2D eigenvalue weighted by atomic mass is 9.69. The largest absolute Gasteiger partial charge is 0.300 e. The van der Waals surface area contributed by atoms with Crippen molar-refractivity contribution in [2.24, 2.45) is 11.3 Å². The number of aromatic nitrogens is 1. The van der Waals surface area contributed by atoms with Gasteiger partial charge < -0.3 is 0 Å². The number of fused-ring (bicyclic) bond motifs is 1. The maximum absolute atomic E-state index is 12.1. The summed E-state index contributed by atoms with van der Waals surface area (Å²) in [5, 5.41) is 0. The summed E-state index contributed by atoms with van der Waals surface area (Å²) in [6.07, 6.45) is 11.6. The standard InChI is InChI=1S/C18H21NO/c1-13-8-16-6-5-14(15-4-3-7-19-12-15)10-18(16,2)11-17(20)9-13/h3-7,12-13H,8-11H2,1-2H3. The van der Waals surface area contributed by atoms with Crippen LogP contribution < -0.4 is 0 Å². The lowest BCUT2D eigenvalue weighted by Crippen LogP contribution is -2.23. The molecule has 0 aliphatic heterocycles. The minimum absolute atomic E-state index is 0.00175. The van der Waals surface area contributed by atoms with E-state index in [1.165, 1.54) is 16.7 Å². The number of hydrogen-bond donors (Lipinski definition) is 0. The molecule has 1 heterocycles. The molecule has 1 aromatic rings. The predicted molar refractivity (Wildman–Crippen MR) is 81.0 cm³/mol. The Bertz CT molecular complexity index is 585. The first-order chi connectivity index (χ1) is 9.57. The molecule has 2 unspecified atom stereocenters. The second-order valence-corrected chi connectivity index (χ2v) is 6.59. The van der Waals surface area contributed by atoms with Gasteiger partial charge in [-0.3, -0.25) is 9.78 Å². The van der Waals surface area contributed by atoms with E-state index in [1.54, 1.807) is 6.20 Å². The SMILES string of the molecule is CC1CC(=O)CC2(C)CC(c3cccnc3)=CC=C2C1. The molecule has 2 aliphatic rings. The van der Waals surface area contributed by atoms with Crippen LogP contribution in [0.4, 0.5) is 0 Å². The van der Waals surface area contributed by atoms with Crippen LogP contribution in [0.2, 0.25) is 0 Å². The Morgan fingerprint density at radius 1 is 1.25 bits per heavy atom. The quantitative estimate of drug-likeness (QED) is 0.763. The molecular formula is C18H21NO. The van der Waals surface area contributed by atoms with Crippen molar-refractivity contribution < 1.29 is 4.79 Å². The third kappa shape index (κ3) is 2.47. The number of pyridine rings is 1. The molecule has 0 bridgehead atoms. The van der Waals surface area contributed by atoms with Crippen LogP contribution in [0, 0.1) is 11.3 Å². The van der Waals surface area contributed by atoms with E-state index >= 15 is 0 Å². The van der Waals surface area contributed by atoms with Crippen molar-refractivity contribution >= 4 is 11.4 Å². The van der Waals surface area contributed by atoms with Crippen molar-refractivity contribution in [1.82, 2.24) is 4.98 Å². The second kappa shape index (κ2) is 5.01. The molecule has 0 radical (unpaired) electrons. The summed E-state index contributed by atoms with van der Waals surface area (Å²) in [7, 11) is 0. The Balaban J connectivity index is 1.96. The zero-order valence-electron chi connectivity index (χ0n) is 12.2. The molecule has 2 heteroatoms. The van der Waals surface area contributed by atoms with E-state index < -0.39 is 0 Å². The first-order valence-electron chi connectivity index (χ1n) is 7.39. The van der Waals surface area contributed by atoms with Crippen LogP contribution in [0.5, 0.6) is 0 Å². The molecule has 1 aromatic heterocycles. The van der Waals surface area contributed by atoms with Crippen molar-refractivity contribution in [3.63, 3.8) is 0 Å². The number of carbonyl (C=O) groups excluding carboxylic acids is 1. The smallest absolute Gasteiger partial charge is 0.134 e. The molecule has 0 saturated heterocycles. The highest BCUT2D eigenvalue weighted by atomic mass is 16.1. The summed E-state index contributed by atoms with van der Waals surface area (Å²) in [4.78, 5) is 16.3. The van der Waals surface area contributed by atoms with Crippen molar-refractivity contribution in [1.29, 1.82) is 0 Å². The van der Waals surface area contributed by atoms with Crippen LogP contribution in [-0.4, -0.2) is 10.8 Å². The Morgan fingerprint density at radius 2 is 2.10 bits per heavy atom. The van der Waals surface area contributed by atoms with Gasteiger partial charge in [-0.2, -0.15) is 0 Å². The molecule has 2 aliphatic carbocycles. The molecule has 104 valence electrons. The topological polar surface area (TPSA) is 30.0 Å². The first-order valence-corrected chi connectivity index (χ1v) is 7.39. The minimum Gasteiger partial charge on any atom is -0.300 e. The van der Waals surface area contributed by atoms with Gasteiger partial charge in [-0.1, -0.05) is 37.6 Å². The summed E-state index contributed by atoms with van der Waals surface area (Å²) in [5.74, 6) is 0.889. The normalized spacial score (nSPS) is 30.1. The summed E-state index contributed by atoms with van der Waals surface area (Å²) in [6, 6.07) is 4.07. The predicted octanol–water partition coefficient (Wildman–Crippen LogP) is 4.19. The Kier molecular flexibility index (Phi) is 3.33. The summed E-state index contributed by atoms with van der Waals surface area (Å²) < 4.78 is 0. The van der Waals surface area contributed by atoms with E-state index in [9.17, 15) is 4.79 Å². The molecule has 1 saturated carbocycles. The van der Waals surface area contributed by atoms with Crippen molar-refractivity contribution in [3.05, 3.63) is 47.8 Å². The minimum atomic E-state index is 0.00175. The van der Waals surface area contributed by atoms with Crippen molar-refractivity contribution in [2.45, 2.75) is 39.5 Å². The van der Waals surface area contributed by atoms with Gasteiger partial charge in [0.05, 0.1) is 0 Å². The van der Waals surface area contributed by atoms with Crippen LogP contribution in [0.25, 0.3) is 5.57 Å². The van der Waals surface area contributed by atoms with Gasteiger partial charge in [0, 0.05) is 25.2 Å². The number of ketones is 1. The lowest BCUT2D eigenvalue weighted by Gasteiger charge is -2.34. The van der Waals surface area contributed by atoms with Gasteiger partial charge in [-0.25, -0.2) is 0 Å². The van der Waals surface area contributed by atoms with Crippen LogP contribution >= 0.6 is 0 Å². The third-order valence-electron chi connectivity index (χ3n) is 4.61. The van der Waals surface area contributed by atoms with Gasteiger partial charge in [0.15, 0.2) is 0 Å². The maximum atomic E-state index is 12.1. The second-order valence-electron chi connectivity index (χ2n) is 6.59. The van der Waals surface area contributed by atoms with Crippen LogP contribution in [0.1, 0.15) is 45.1 Å². The Hall–Kier alpha value is -1.70. The number of carbonyl (C=O) groups is 1. The molecule has 2 atom stereocenters. The van der Waals surface area contributed by atoms with Gasteiger partial charge in [0.2, 0.25) is 0 Å². The van der Waals surface area contributed by atoms with E-state index in [4.69, 9.17) is 0 Å². The number of Topliss-reactive ketones (excluding diaryl/α,β-unsaturated/α-hetero) is 1. The van der Waals surface area contributed by atoms with Gasteiger partial charge in [0.1, 0.15) is 5.78 Å². The molecule has 20 heavy (non-hydrogen) atoms. The van der Waals surface area contributed by atoms with Gasteiger partial charge in [-0.05, 0) is 41.4 Å². The fourth-order valence-electron chi connectivity index (χ4n) is 3.58. The molecule has 0 amide bonds. The Labute approximate surface area is 120 Å². The molecule has 3 rings (SSSR count).